The summed E-state index contributed by atoms with van der Waals surface area (Å²) in [4.78, 5) is 6.59. The number of anilines is 3. The second-order valence-electron chi connectivity index (χ2n) is 5.15. The van der Waals surface area contributed by atoms with E-state index in [1.807, 2.05) is 18.2 Å². The van der Waals surface area contributed by atoms with E-state index in [1.54, 1.807) is 6.20 Å². The van der Waals surface area contributed by atoms with E-state index in [4.69, 9.17) is 5.73 Å². The highest BCUT2D eigenvalue weighted by Crippen LogP contribution is 2.34. The number of benzene rings is 2. The number of aromatic nitrogens is 1. The second kappa shape index (κ2) is 5.44. The van der Waals surface area contributed by atoms with Crippen molar-refractivity contribution in [3.63, 3.8) is 0 Å². The Labute approximate surface area is 125 Å². The van der Waals surface area contributed by atoms with Crippen LogP contribution >= 0.6 is 0 Å². The van der Waals surface area contributed by atoms with E-state index < -0.39 is 0 Å². The van der Waals surface area contributed by atoms with Gasteiger partial charge in [0.1, 0.15) is 0 Å². The Balaban J connectivity index is 2.15. The number of pyridine rings is 1. The maximum absolute atomic E-state index is 6.39. The SMILES string of the molecule is CCN(c1cccc(C)c1)c1ccc2ncccc2c1N. The normalized spacial score (nSPS) is 10.8. The third kappa shape index (κ3) is 2.42. The molecule has 0 aliphatic carbocycles. The molecule has 0 bridgehead atoms. The maximum Gasteiger partial charge on any atom is 0.0724 e. The van der Waals surface area contributed by atoms with Crippen molar-refractivity contribution in [1.29, 1.82) is 0 Å². The van der Waals surface area contributed by atoms with Crippen molar-refractivity contribution in [1.82, 2.24) is 4.98 Å². The molecule has 3 heteroatoms. The van der Waals surface area contributed by atoms with Crippen molar-refractivity contribution in [3.05, 3.63) is 60.3 Å². The summed E-state index contributed by atoms with van der Waals surface area (Å²) >= 11 is 0. The molecule has 0 radical (unpaired) electrons. The number of rotatable bonds is 3. The number of nitrogen functional groups attached to an aromatic ring is 1. The van der Waals surface area contributed by atoms with Crippen LogP contribution in [0.2, 0.25) is 0 Å². The molecule has 3 rings (SSSR count). The molecule has 3 nitrogen and oxygen atoms in total. The monoisotopic (exact) mass is 277 g/mol. The van der Waals surface area contributed by atoms with Crippen molar-refractivity contribution < 1.29 is 0 Å². The van der Waals surface area contributed by atoms with Gasteiger partial charge in [-0.15, -0.1) is 0 Å². The van der Waals surface area contributed by atoms with Gasteiger partial charge in [0.2, 0.25) is 0 Å². The number of nitrogens with two attached hydrogens (primary N) is 1. The average molecular weight is 277 g/mol. The first kappa shape index (κ1) is 13.4. The van der Waals surface area contributed by atoms with Crippen molar-refractivity contribution in [2.45, 2.75) is 13.8 Å². The molecule has 0 saturated heterocycles. The lowest BCUT2D eigenvalue weighted by atomic mass is 10.1. The quantitative estimate of drug-likeness (QED) is 0.726. The lowest BCUT2D eigenvalue weighted by molar-refractivity contribution is 1.02. The number of hydrogen-bond donors (Lipinski definition) is 1. The molecule has 0 saturated carbocycles. The summed E-state index contributed by atoms with van der Waals surface area (Å²) in [6.45, 7) is 5.10. The minimum Gasteiger partial charge on any atom is -0.396 e. The summed E-state index contributed by atoms with van der Waals surface area (Å²) in [6.07, 6.45) is 1.79. The van der Waals surface area contributed by atoms with Crippen molar-refractivity contribution in [3.8, 4) is 0 Å². The molecule has 0 fully saturated rings. The van der Waals surface area contributed by atoms with Crippen LogP contribution in [0, 0.1) is 6.92 Å². The number of hydrogen-bond acceptors (Lipinski definition) is 3. The minimum atomic E-state index is 0.781. The zero-order chi connectivity index (χ0) is 14.8. The van der Waals surface area contributed by atoms with Crippen molar-refractivity contribution >= 4 is 28.0 Å². The van der Waals surface area contributed by atoms with E-state index in [9.17, 15) is 0 Å². The molecule has 21 heavy (non-hydrogen) atoms. The van der Waals surface area contributed by atoms with Gasteiger partial charge in [0, 0.05) is 23.8 Å². The molecule has 0 spiro atoms. The summed E-state index contributed by atoms with van der Waals surface area (Å²) < 4.78 is 0. The van der Waals surface area contributed by atoms with Gasteiger partial charge in [0.25, 0.3) is 0 Å². The van der Waals surface area contributed by atoms with Crippen LogP contribution in [0.1, 0.15) is 12.5 Å². The van der Waals surface area contributed by atoms with Crippen molar-refractivity contribution in [2.75, 3.05) is 17.2 Å². The zero-order valence-corrected chi connectivity index (χ0v) is 12.4. The molecule has 0 atom stereocenters. The Morgan fingerprint density at radius 1 is 1.10 bits per heavy atom. The number of nitrogens with zero attached hydrogens (tertiary/aromatic N) is 2. The molecular formula is C18H19N3. The Morgan fingerprint density at radius 3 is 2.71 bits per heavy atom. The van der Waals surface area contributed by atoms with Crippen LogP contribution < -0.4 is 10.6 Å². The molecule has 0 aliphatic heterocycles. The van der Waals surface area contributed by atoms with E-state index in [1.165, 1.54) is 5.56 Å². The van der Waals surface area contributed by atoms with Gasteiger partial charge in [-0.2, -0.15) is 0 Å². The molecule has 0 amide bonds. The molecule has 0 aliphatic rings. The summed E-state index contributed by atoms with van der Waals surface area (Å²) in [6, 6.07) is 16.5. The third-order valence-electron chi connectivity index (χ3n) is 3.72. The summed E-state index contributed by atoms with van der Waals surface area (Å²) in [7, 11) is 0. The Morgan fingerprint density at radius 2 is 1.95 bits per heavy atom. The van der Waals surface area contributed by atoms with Gasteiger partial charge >= 0.3 is 0 Å². The van der Waals surface area contributed by atoms with Gasteiger partial charge in [0.05, 0.1) is 16.9 Å². The van der Waals surface area contributed by atoms with E-state index in [2.05, 4.69) is 54.1 Å². The van der Waals surface area contributed by atoms with Gasteiger partial charge < -0.3 is 10.6 Å². The molecule has 1 heterocycles. The van der Waals surface area contributed by atoms with Crippen LogP contribution in [-0.4, -0.2) is 11.5 Å². The smallest absolute Gasteiger partial charge is 0.0724 e. The fraction of sp³-hybridized carbons (Fsp3) is 0.167. The van der Waals surface area contributed by atoms with Crippen molar-refractivity contribution in [2.24, 2.45) is 0 Å². The first-order valence-electron chi connectivity index (χ1n) is 7.18. The highest BCUT2D eigenvalue weighted by atomic mass is 15.1. The predicted molar refractivity (Wildman–Crippen MR) is 90.0 cm³/mol. The number of aryl methyl sites for hydroxylation is 1. The van der Waals surface area contributed by atoms with Gasteiger partial charge in [-0.1, -0.05) is 12.1 Å². The molecule has 3 aromatic rings. The van der Waals surface area contributed by atoms with Crippen LogP contribution in [0.3, 0.4) is 0 Å². The second-order valence-corrected chi connectivity index (χ2v) is 5.15. The Kier molecular flexibility index (Phi) is 3.48. The first-order chi connectivity index (χ1) is 10.2. The largest absolute Gasteiger partial charge is 0.396 e. The molecule has 106 valence electrons. The number of fused-ring (bicyclic) bond motifs is 1. The van der Waals surface area contributed by atoms with Crippen LogP contribution in [-0.2, 0) is 0 Å². The van der Waals surface area contributed by atoms with E-state index in [0.717, 1.165) is 34.5 Å². The maximum atomic E-state index is 6.39. The van der Waals surface area contributed by atoms with Gasteiger partial charge in [0.15, 0.2) is 0 Å². The Bertz CT molecular complexity index is 780. The average Bonchev–Trinajstić information content (AvgIpc) is 2.51. The molecule has 2 aromatic carbocycles. The standard InChI is InChI=1S/C18H19N3/c1-3-21(14-7-4-6-13(2)12-14)17-10-9-16-15(18(17)19)8-5-11-20-16/h4-12H,3,19H2,1-2H3. The third-order valence-corrected chi connectivity index (χ3v) is 3.72. The van der Waals surface area contributed by atoms with Crippen LogP contribution in [0.15, 0.2) is 54.7 Å². The summed E-state index contributed by atoms with van der Waals surface area (Å²) in [5.74, 6) is 0. The van der Waals surface area contributed by atoms with Gasteiger partial charge in [-0.3, -0.25) is 4.98 Å². The Hall–Kier alpha value is -2.55. The zero-order valence-electron chi connectivity index (χ0n) is 12.4. The van der Waals surface area contributed by atoms with E-state index in [0.29, 0.717) is 0 Å². The molecule has 2 N–H and O–H groups in total. The van der Waals surface area contributed by atoms with Crippen LogP contribution in [0.25, 0.3) is 10.9 Å². The molecule has 0 unspecified atom stereocenters. The fourth-order valence-corrected chi connectivity index (χ4v) is 2.69. The predicted octanol–water partition coefficient (Wildman–Crippen LogP) is 4.28. The topological polar surface area (TPSA) is 42.2 Å². The lowest BCUT2D eigenvalue weighted by Gasteiger charge is -2.25. The molecule has 1 aromatic heterocycles. The first-order valence-corrected chi connectivity index (χ1v) is 7.18. The van der Waals surface area contributed by atoms with Crippen LogP contribution in [0.4, 0.5) is 17.1 Å². The van der Waals surface area contributed by atoms with Gasteiger partial charge in [-0.05, 0) is 55.8 Å². The van der Waals surface area contributed by atoms with Gasteiger partial charge in [-0.25, -0.2) is 0 Å². The summed E-state index contributed by atoms with van der Waals surface area (Å²) in [5, 5.41) is 1.00. The summed E-state index contributed by atoms with van der Waals surface area (Å²) in [5.41, 5.74) is 11.5. The van der Waals surface area contributed by atoms with E-state index in [-0.39, 0.29) is 0 Å². The highest BCUT2D eigenvalue weighted by molar-refractivity contribution is 5.98. The van der Waals surface area contributed by atoms with E-state index >= 15 is 0 Å². The van der Waals surface area contributed by atoms with Crippen LogP contribution in [0.5, 0.6) is 0 Å². The lowest BCUT2D eigenvalue weighted by Crippen LogP contribution is -2.17. The fourth-order valence-electron chi connectivity index (χ4n) is 2.69. The minimum absolute atomic E-state index is 0.781. The molecular weight excluding hydrogens is 258 g/mol. The highest BCUT2D eigenvalue weighted by Gasteiger charge is 2.13.